The number of benzene rings is 1. The van der Waals surface area contributed by atoms with Crippen LogP contribution in [-0.4, -0.2) is 41.5 Å². The number of amides is 2. The molecule has 1 saturated heterocycles. The summed E-state index contributed by atoms with van der Waals surface area (Å²) >= 11 is 1.62. The number of urea groups is 1. The number of carbonyl (C=O) groups is 1. The fourth-order valence-electron chi connectivity index (χ4n) is 4.98. The average Bonchev–Trinajstić information content (AvgIpc) is 3.37. The summed E-state index contributed by atoms with van der Waals surface area (Å²) in [6.45, 7) is 22.6. The highest BCUT2D eigenvalue weighted by molar-refractivity contribution is 8.01. The van der Waals surface area contributed by atoms with Gasteiger partial charge < -0.3 is 10.3 Å². The molecule has 42 heavy (non-hydrogen) atoms. The number of nitrogens with zero attached hydrogens (tertiary/aromatic N) is 2. The van der Waals surface area contributed by atoms with Gasteiger partial charge in [-0.1, -0.05) is 78.3 Å². The maximum Gasteiger partial charge on any atom is 0.328 e. The van der Waals surface area contributed by atoms with Gasteiger partial charge in [0.1, 0.15) is 0 Å². The molecule has 0 atom stereocenters. The van der Waals surface area contributed by atoms with Crippen molar-refractivity contribution < 1.29 is 4.79 Å². The lowest BCUT2D eigenvalue weighted by molar-refractivity contribution is 0.176. The van der Waals surface area contributed by atoms with Crippen LogP contribution in [0.4, 0.5) is 4.79 Å². The Labute approximate surface area is 259 Å². The van der Waals surface area contributed by atoms with Gasteiger partial charge in [-0.15, -0.1) is 0 Å². The summed E-state index contributed by atoms with van der Waals surface area (Å²) in [4.78, 5) is 21.6. The van der Waals surface area contributed by atoms with E-state index in [-0.39, 0.29) is 6.03 Å². The first-order valence-corrected chi connectivity index (χ1v) is 16.2. The smallest absolute Gasteiger partial charge is 0.328 e. The third-order valence-corrected chi connectivity index (χ3v) is 7.66. The predicted molar refractivity (Wildman–Crippen MR) is 184 cm³/mol. The van der Waals surface area contributed by atoms with Crippen LogP contribution in [0.2, 0.25) is 0 Å². The Kier molecular flexibility index (Phi) is 14.2. The van der Waals surface area contributed by atoms with Crippen LogP contribution in [0, 0.1) is 12.8 Å². The molecule has 3 rings (SSSR count). The van der Waals surface area contributed by atoms with Gasteiger partial charge in [-0.05, 0) is 80.9 Å². The summed E-state index contributed by atoms with van der Waals surface area (Å²) in [6, 6.07) is 6.45. The lowest BCUT2D eigenvalue weighted by atomic mass is 9.96. The van der Waals surface area contributed by atoms with E-state index in [9.17, 15) is 4.79 Å². The highest BCUT2D eigenvalue weighted by Crippen LogP contribution is 2.36. The minimum Gasteiger partial charge on any atom is -0.380 e. The minimum atomic E-state index is -0.0375. The SMILES string of the molecule is C=C1C(=C(NCc2c[nH]c3ccc(C)cc23)/C(C)=C/C(=C\CCC)SNC)/C(=C\CC)N(C)C(=O)N1CC(C)C.CC. The molecule has 1 aliphatic heterocycles. The number of unbranched alkanes of at least 4 members (excludes halogenated alkanes) is 1. The second-order valence-corrected chi connectivity index (χ2v) is 11.9. The van der Waals surface area contributed by atoms with Crippen LogP contribution in [0.25, 0.3) is 10.9 Å². The molecule has 0 saturated carbocycles. The first-order valence-electron chi connectivity index (χ1n) is 15.3. The lowest BCUT2D eigenvalue weighted by Crippen LogP contribution is -2.47. The monoisotopic (exact) mass is 591 g/mol. The van der Waals surface area contributed by atoms with Crippen molar-refractivity contribution in [2.75, 3.05) is 20.6 Å². The summed E-state index contributed by atoms with van der Waals surface area (Å²) in [7, 11) is 3.81. The Bertz CT molecular complexity index is 1340. The zero-order chi connectivity index (χ0) is 31.4. The summed E-state index contributed by atoms with van der Waals surface area (Å²) in [6.07, 6.45) is 11.6. The van der Waals surface area contributed by atoms with Crippen molar-refractivity contribution in [3.8, 4) is 0 Å². The Hall–Kier alpha value is -3.16. The van der Waals surface area contributed by atoms with Crippen molar-refractivity contribution in [3.05, 3.63) is 93.5 Å². The molecule has 2 amide bonds. The number of aryl methyl sites for hydroxylation is 1. The Morgan fingerprint density at radius 3 is 2.55 bits per heavy atom. The number of likely N-dealkylation sites (N-methyl/N-ethyl adjacent to an activating group) is 1. The molecule has 1 aromatic heterocycles. The van der Waals surface area contributed by atoms with Gasteiger partial charge in [-0.3, -0.25) is 14.5 Å². The van der Waals surface area contributed by atoms with Crippen molar-refractivity contribution in [3.63, 3.8) is 0 Å². The van der Waals surface area contributed by atoms with Gasteiger partial charge in [-0.25, -0.2) is 4.79 Å². The zero-order valence-electron chi connectivity index (χ0n) is 27.6. The van der Waals surface area contributed by atoms with Crippen molar-refractivity contribution >= 4 is 28.9 Å². The third kappa shape index (κ3) is 8.68. The molecule has 1 fully saturated rings. The van der Waals surface area contributed by atoms with E-state index in [2.05, 4.69) is 106 Å². The molecule has 7 heteroatoms. The molecular formula is C35H53N5OS. The normalized spacial score (nSPS) is 16.9. The number of hydrogen-bond acceptors (Lipinski definition) is 4. The van der Waals surface area contributed by atoms with Crippen LogP contribution in [0.1, 0.15) is 78.9 Å². The summed E-state index contributed by atoms with van der Waals surface area (Å²) in [5.41, 5.74) is 8.23. The van der Waals surface area contributed by atoms with Gasteiger partial charge in [-0.2, -0.15) is 0 Å². The van der Waals surface area contributed by atoms with Crippen molar-refractivity contribution in [1.82, 2.24) is 24.8 Å². The van der Waals surface area contributed by atoms with Gasteiger partial charge in [0.15, 0.2) is 0 Å². The third-order valence-electron chi connectivity index (χ3n) is 6.93. The van der Waals surface area contributed by atoms with E-state index in [0.717, 1.165) is 57.9 Å². The van der Waals surface area contributed by atoms with E-state index in [1.807, 2.05) is 32.8 Å². The number of rotatable bonds is 12. The largest absolute Gasteiger partial charge is 0.380 e. The number of H-pyrrole nitrogens is 1. The Balaban J connectivity index is 0.00000301. The van der Waals surface area contributed by atoms with Crippen LogP contribution in [-0.2, 0) is 6.54 Å². The van der Waals surface area contributed by atoms with Crippen LogP contribution in [0.5, 0.6) is 0 Å². The molecule has 2 heterocycles. The van der Waals surface area contributed by atoms with E-state index in [1.165, 1.54) is 16.5 Å². The standard InChI is InChI=1S/C33H47N5OS.C2H6/c1-10-12-14-27(40-34-8)18-24(6)32(36-20-26-19-35-29-16-15-23(5)17-28(26)29)31-25(7)38(21-22(3)4)33(39)37(9)30(31)13-11-2;1-2/h13-19,22,34-36H,7,10-12,20-21H2,1-6,8-9H3;1-2H3/b24-18+,27-14+,30-13+,32-31+;. The molecule has 1 aromatic carbocycles. The second kappa shape index (κ2) is 17.1. The molecule has 3 N–H and O–H groups in total. The maximum atomic E-state index is 13.5. The van der Waals surface area contributed by atoms with Gasteiger partial charge in [0.05, 0.1) is 5.70 Å². The van der Waals surface area contributed by atoms with E-state index in [0.29, 0.717) is 19.0 Å². The number of aromatic nitrogens is 1. The first kappa shape index (κ1) is 35.0. The fraction of sp³-hybridized carbons (Fsp3) is 0.457. The molecule has 0 bridgehead atoms. The van der Waals surface area contributed by atoms with E-state index in [4.69, 9.17) is 0 Å². The number of allylic oxidation sites excluding steroid dienone is 4. The molecule has 0 radical (unpaired) electrons. The molecule has 1 aliphatic rings. The number of nitrogens with one attached hydrogen (secondary N) is 3. The number of fused-ring (bicyclic) bond motifs is 1. The molecule has 2 aromatic rings. The summed E-state index contributed by atoms with van der Waals surface area (Å²) in [5.74, 6) is 0.310. The summed E-state index contributed by atoms with van der Waals surface area (Å²) < 4.78 is 3.23. The topological polar surface area (TPSA) is 63.4 Å². The van der Waals surface area contributed by atoms with Gasteiger partial charge in [0.25, 0.3) is 0 Å². The number of aromatic amines is 1. The van der Waals surface area contributed by atoms with E-state index >= 15 is 0 Å². The summed E-state index contributed by atoms with van der Waals surface area (Å²) in [5, 5.41) is 5.02. The van der Waals surface area contributed by atoms with E-state index < -0.39 is 0 Å². The van der Waals surface area contributed by atoms with Crippen LogP contribution < -0.4 is 10.0 Å². The van der Waals surface area contributed by atoms with Gasteiger partial charge >= 0.3 is 6.03 Å². The maximum absolute atomic E-state index is 13.5. The molecule has 0 aliphatic carbocycles. The Morgan fingerprint density at radius 1 is 1.21 bits per heavy atom. The van der Waals surface area contributed by atoms with Gasteiger partial charge in [0, 0.05) is 59.1 Å². The highest BCUT2D eigenvalue weighted by atomic mass is 32.2. The number of hydrogen-bond donors (Lipinski definition) is 3. The second-order valence-electron chi connectivity index (χ2n) is 10.8. The fourth-order valence-corrected chi connectivity index (χ4v) is 5.65. The average molecular weight is 592 g/mol. The van der Waals surface area contributed by atoms with Crippen LogP contribution in [0.15, 0.2) is 82.3 Å². The first-order chi connectivity index (χ1) is 20.1. The molecule has 0 unspecified atom stereocenters. The van der Waals surface area contributed by atoms with Crippen LogP contribution >= 0.6 is 11.9 Å². The Morgan fingerprint density at radius 2 is 1.93 bits per heavy atom. The van der Waals surface area contributed by atoms with Crippen molar-refractivity contribution in [2.45, 2.75) is 81.2 Å². The lowest BCUT2D eigenvalue weighted by Gasteiger charge is -2.40. The molecule has 6 nitrogen and oxygen atoms in total. The molecular weight excluding hydrogens is 538 g/mol. The van der Waals surface area contributed by atoms with Crippen LogP contribution in [0.3, 0.4) is 0 Å². The van der Waals surface area contributed by atoms with Crippen molar-refractivity contribution in [2.24, 2.45) is 5.92 Å². The minimum absolute atomic E-state index is 0.0375. The van der Waals surface area contributed by atoms with Crippen molar-refractivity contribution in [1.29, 1.82) is 0 Å². The predicted octanol–water partition coefficient (Wildman–Crippen LogP) is 9.18. The quantitative estimate of drug-likeness (QED) is 0.170. The molecule has 0 spiro atoms. The zero-order valence-corrected chi connectivity index (χ0v) is 28.4. The van der Waals surface area contributed by atoms with Gasteiger partial charge in [0.2, 0.25) is 0 Å². The highest BCUT2D eigenvalue weighted by Gasteiger charge is 2.35. The number of carbonyl (C=O) groups excluding carboxylic acids is 1. The molecule has 230 valence electrons. The van der Waals surface area contributed by atoms with E-state index in [1.54, 1.807) is 16.8 Å².